The molecule has 0 amide bonds. The van der Waals surface area contributed by atoms with Crippen molar-refractivity contribution in [2.75, 3.05) is 18.8 Å². The van der Waals surface area contributed by atoms with Gasteiger partial charge >= 0.3 is 0 Å². The highest BCUT2D eigenvalue weighted by atomic mass is 32.3. The molecule has 3 rings (SSSR count). The molecular weight excluding hydrogens is 244 g/mol. The molecule has 0 atom stereocenters. The molecule has 2 heteroatoms. The third kappa shape index (κ3) is 1.85. The van der Waals surface area contributed by atoms with E-state index in [-0.39, 0.29) is 0 Å². The smallest absolute Gasteiger partial charge is 0.0365 e. The fourth-order valence-corrected chi connectivity index (χ4v) is 4.25. The van der Waals surface area contributed by atoms with Crippen LogP contribution in [0.2, 0.25) is 0 Å². The molecule has 0 aliphatic rings. The molecule has 0 aliphatic heterocycles. The first-order chi connectivity index (χ1) is 8.05. The zero-order valence-electron chi connectivity index (χ0n) is 10.4. The zero-order valence-corrected chi connectivity index (χ0v) is 12.0. The molecule has 0 saturated heterocycles. The molecule has 1 aromatic heterocycles. The maximum atomic E-state index is 2.38. The molecule has 0 saturated carbocycles. The summed E-state index contributed by atoms with van der Waals surface area (Å²) in [4.78, 5) is 1.50. The van der Waals surface area contributed by atoms with Gasteiger partial charge in [-0.25, -0.2) is 10.0 Å². The van der Waals surface area contributed by atoms with Crippen molar-refractivity contribution in [2.45, 2.75) is 4.90 Å². The molecule has 2 aromatic carbocycles. The Bertz CT molecular complexity index is 687. The van der Waals surface area contributed by atoms with Gasteiger partial charge in [0.05, 0.1) is 0 Å². The lowest BCUT2D eigenvalue weighted by Crippen LogP contribution is -1.91. The van der Waals surface area contributed by atoms with E-state index < -0.39 is 10.0 Å². The van der Waals surface area contributed by atoms with Crippen molar-refractivity contribution in [1.82, 2.24) is 0 Å². The third-order valence-electron chi connectivity index (χ3n) is 3.06. The van der Waals surface area contributed by atoms with E-state index in [9.17, 15) is 0 Å². The minimum absolute atomic E-state index is 0.625. The first kappa shape index (κ1) is 11.1. The van der Waals surface area contributed by atoms with Gasteiger partial charge in [-0.15, -0.1) is 11.3 Å². The van der Waals surface area contributed by atoms with E-state index in [4.69, 9.17) is 0 Å². The minimum atomic E-state index is -0.625. The number of thiophene rings is 1. The van der Waals surface area contributed by atoms with Gasteiger partial charge in [0.25, 0.3) is 0 Å². The molecule has 1 heterocycles. The zero-order chi connectivity index (χ0) is 12.0. The second kappa shape index (κ2) is 3.76. The third-order valence-corrected chi connectivity index (χ3v) is 5.86. The average molecular weight is 260 g/mol. The second-order valence-corrected chi connectivity index (χ2v) is 10.3. The molecule has 0 N–H and O–H groups in total. The number of hydrogen-bond donors (Lipinski definition) is 0. The van der Waals surface area contributed by atoms with Gasteiger partial charge in [-0.3, -0.25) is 0 Å². The Hall–Kier alpha value is -0.990. The normalized spacial score (nSPS) is 13.4. The summed E-state index contributed by atoms with van der Waals surface area (Å²) in [6.45, 7) is 0. The minimum Gasteiger partial charge on any atom is -0.223 e. The molecule has 0 unspecified atom stereocenters. The first-order valence-electron chi connectivity index (χ1n) is 5.65. The Balaban J connectivity index is 2.34. The predicted molar refractivity (Wildman–Crippen MR) is 83.0 cm³/mol. The highest BCUT2D eigenvalue weighted by Gasteiger charge is 2.10. The van der Waals surface area contributed by atoms with Gasteiger partial charge in [-0.05, 0) is 41.9 Å². The Morgan fingerprint density at radius 1 is 0.824 bits per heavy atom. The van der Waals surface area contributed by atoms with E-state index in [0.29, 0.717) is 0 Å². The van der Waals surface area contributed by atoms with Crippen molar-refractivity contribution in [2.24, 2.45) is 0 Å². The quantitative estimate of drug-likeness (QED) is 0.570. The van der Waals surface area contributed by atoms with E-state index >= 15 is 0 Å². The van der Waals surface area contributed by atoms with Gasteiger partial charge in [0.15, 0.2) is 0 Å². The summed E-state index contributed by atoms with van der Waals surface area (Å²) in [7, 11) is -0.625. The lowest BCUT2D eigenvalue weighted by molar-refractivity contribution is 1.49. The lowest BCUT2D eigenvalue weighted by atomic mass is 10.2. The predicted octanol–water partition coefficient (Wildman–Crippen LogP) is 5.11. The molecule has 0 spiro atoms. The van der Waals surface area contributed by atoms with Crippen LogP contribution in [-0.2, 0) is 0 Å². The standard InChI is InChI=1S/C15H16S2/c1-17(2,3)11-8-9-13-12-6-4-5-7-14(12)16-15(13)10-11/h4-10H,1-3H3. The van der Waals surface area contributed by atoms with Crippen LogP contribution in [0, 0.1) is 0 Å². The second-order valence-electron chi connectivity index (χ2n) is 5.09. The topological polar surface area (TPSA) is 0 Å². The Morgan fingerprint density at radius 2 is 1.53 bits per heavy atom. The SMILES string of the molecule is CS(C)(C)c1ccc2c(c1)sc1ccccc12. The summed E-state index contributed by atoms with van der Waals surface area (Å²) in [5, 5.41) is 2.79. The van der Waals surface area contributed by atoms with Gasteiger partial charge in [-0.2, -0.15) is 0 Å². The Morgan fingerprint density at radius 3 is 2.29 bits per heavy atom. The number of rotatable bonds is 1. The van der Waals surface area contributed by atoms with Gasteiger partial charge in [0, 0.05) is 20.2 Å². The van der Waals surface area contributed by atoms with Crippen LogP contribution in [0.1, 0.15) is 0 Å². The molecule has 0 nitrogen and oxygen atoms in total. The molecular formula is C15H16S2. The molecule has 0 bridgehead atoms. The Kier molecular flexibility index (Phi) is 2.46. The van der Waals surface area contributed by atoms with E-state index in [1.54, 1.807) is 0 Å². The number of hydrogen-bond acceptors (Lipinski definition) is 1. The molecule has 17 heavy (non-hydrogen) atoms. The summed E-state index contributed by atoms with van der Waals surface area (Å²) >= 11 is 1.91. The highest BCUT2D eigenvalue weighted by molar-refractivity contribution is 8.32. The number of benzene rings is 2. The van der Waals surface area contributed by atoms with Crippen molar-refractivity contribution in [3.8, 4) is 0 Å². The largest absolute Gasteiger partial charge is 0.223 e. The van der Waals surface area contributed by atoms with Crippen LogP contribution in [0.4, 0.5) is 0 Å². The first-order valence-corrected chi connectivity index (χ1v) is 9.33. The average Bonchev–Trinajstić information content (AvgIpc) is 2.65. The van der Waals surface area contributed by atoms with Gasteiger partial charge in [0.2, 0.25) is 0 Å². The maximum Gasteiger partial charge on any atom is 0.0365 e. The van der Waals surface area contributed by atoms with Crippen molar-refractivity contribution in [3.63, 3.8) is 0 Å². The summed E-state index contributed by atoms with van der Waals surface area (Å²) < 4.78 is 2.81. The highest BCUT2D eigenvalue weighted by Crippen LogP contribution is 2.47. The van der Waals surface area contributed by atoms with Crippen molar-refractivity contribution in [1.29, 1.82) is 0 Å². The van der Waals surface area contributed by atoms with E-state index in [2.05, 4.69) is 61.2 Å². The molecule has 0 aliphatic carbocycles. The van der Waals surface area contributed by atoms with Crippen LogP contribution in [0.15, 0.2) is 47.4 Å². The van der Waals surface area contributed by atoms with E-state index in [0.717, 1.165) is 0 Å². The Labute approximate surface area is 108 Å². The fraction of sp³-hybridized carbons (Fsp3) is 0.200. The van der Waals surface area contributed by atoms with Crippen molar-refractivity contribution >= 4 is 41.5 Å². The van der Waals surface area contributed by atoms with Gasteiger partial charge in [-0.1, -0.05) is 24.3 Å². The summed E-state index contributed by atoms with van der Waals surface area (Å²) in [5.41, 5.74) is 0. The van der Waals surface area contributed by atoms with Crippen LogP contribution in [0.5, 0.6) is 0 Å². The van der Waals surface area contributed by atoms with Crippen LogP contribution in [0.3, 0.4) is 0 Å². The maximum absolute atomic E-state index is 2.38. The molecule has 0 radical (unpaired) electrons. The number of fused-ring (bicyclic) bond motifs is 3. The van der Waals surface area contributed by atoms with E-state index in [1.807, 2.05) is 11.3 Å². The lowest BCUT2D eigenvalue weighted by Gasteiger charge is -2.25. The van der Waals surface area contributed by atoms with Crippen molar-refractivity contribution < 1.29 is 0 Å². The molecule has 0 fully saturated rings. The molecule has 3 aromatic rings. The van der Waals surface area contributed by atoms with Gasteiger partial charge < -0.3 is 0 Å². The van der Waals surface area contributed by atoms with E-state index in [1.165, 1.54) is 25.1 Å². The van der Waals surface area contributed by atoms with Gasteiger partial charge in [0.1, 0.15) is 0 Å². The van der Waals surface area contributed by atoms with Crippen LogP contribution in [-0.4, -0.2) is 18.8 Å². The summed E-state index contributed by atoms with van der Waals surface area (Å²) in [6.07, 6.45) is 7.05. The van der Waals surface area contributed by atoms with Crippen LogP contribution >= 0.6 is 21.4 Å². The van der Waals surface area contributed by atoms with Crippen LogP contribution in [0.25, 0.3) is 20.2 Å². The fourth-order valence-electron chi connectivity index (χ4n) is 2.09. The van der Waals surface area contributed by atoms with Crippen molar-refractivity contribution in [3.05, 3.63) is 42.5 Å². The summed E-state index contributed by atoms with van der Waals surface area (Å²) in [6, 6.07) is 15.7. The summed E-state index contributed by atoms with van der Waals surface area (Å²) in [5.74, 6) is 0. The monoisotopic (exact) mass is 260 g/mol. The van der Waals surface area contributed by atoms with Crippen LogP contribution < -0.4 is 0 Å². The molecule has 88 valence electrons.